The molecule has 0 saturated heterocycles. The first kappa shape index (κ1) is 12.1. The van der Waals surface area contributed by atoms with E-state index in [2.05, 4.69) is 11.1 Å². The summed E-state index contributed by atoms with van der Waals surface area (Å²) in [6, 6.07) is 6.13. The van der Waals surface area contributed by atoms with Gasteiger partial charge < -0.3 is 9.47 Å². The summed E-state index contributed by atoms with van der Waals surface area (Å²) in [5.41, 5.74) is 3.17. The molecule has 0 aliphatic rings. The lowest BCUT2D eigenvalue weighted by molar-refractivity contribution is 0.182. The Kier molecular flexibility index (Phi) is 3.76. The van der Waals surface area contributed by atoms with Gasteiger partial charge in [-0.2, -0.15) is 0 Å². The second-order valence-electron chi connectivity index (χ2n) is 3.78. The normalized spacial score (nSPS) is 10.5. The highest BCUT2D eigenvalue weighted by atomic mass is 32.1. The molecular weight excluding hydrogens is 234 g/mol. The summed E-state index contributed by atoms with van der Waals surface area (Å²) in [5, 5.41) is 2.98. The third-order valence-electron chi connectivity index (χ3n) is 2.43. The van der Waals surface area contributed by atoms with Crippen LogP contribution in [0.3, 0.4) is 0 Å². The fourth-order valence-electron chi connectivity index (χ4n) is 1.62. The third-order valence-corrected chi connectivity index (χ3v) is 3.36. The van der Waals surface area contributed by atoms with E-state index in [1.165, 1.54) is 5.56 Å². The van der Waals surface area contributed by atoms with Gasteiger partial charge >= 0.3 is 0 Å². The van der Waals surface area contributed by atoms with Crippen LogP contribution in [-0.2, 0) is 11.3 Å². The van der Waals surface area contributed by atoms with Gasteiger partial charge in [0, 0.05) is 12.5 Å². The number of benzene rings is 1. The topological polar surface area (TPSA) is 31.4 Å². The van der Waals surface area contributed by atoms with Crippen LogP contribution in [0.25, 0.3) is 10.6 Å². The molecule has 3 nitrogen and oxygen atoms in total. The van der Waals surface area contributed by atoms with E-state index >= 15 is 0 Å². The zero-order chi connectivity index (χ0) is 12.3. The monoisotopic (exact) mass is 249 g/mol. The maximum atomic E-state index is 5.39. The molecule has 17 heavy (non-hydrogen) atoms. The van der Waals surface area contributed by atoms with Gasteiger partial charge in [0.1, 0.15) is 10.8 Å². The minimum absolute atomic E-state index is 0.546. The Hall–Kier alpha value is -1.39. The van der Waals surface area contributed by atoms with E-state index < -0.39 is 0 Å². The minimum Gasteiger partial charge on any atom is -0.496 e. The highest BCUT2D eigenvalue weighted by molar-refractivity contribution is 7.13. The number of aromatic nitrogens is 1. The van der Waals surface area contributed by atoms with Crippen LogP contribution in [0, 0.1) is 6.92 Å². The van der Waals surface area contributed by atoms with Gasteiger partial charge in [0.05, 0.1) is 25.0 Å². The standard InChI is InChI=1S/C13H15NO2S/c1-9-4-5-11(12(6-9)16-3)13-14-10(7-15-2)8-17-13/h4-6,8H,7H2,1-3H3. The number of hydrogen-bond donors (Lipinski definition) is 0. The van der Waals surface area contributed by atoms with Crippen molar-refractivity contribution in [3.8, 4) is 16.3 Å². The van der Waals surface area contributed by atoms with Crippen LogP contribution < -0.4 is 4.74 Å². The Bertz CT molecular complexity index is 508. The van der Waals surface area contributed by atoms with Crippen LogP contribution >= 0.6 is 11.3 Å². The van der Waals surface area contributed by atoms with Gasteiger partial charge in [0.25, 0.3) is 0 Å². The average Bonchev–Trinajstić information content (AvgIpc) is 2.78. The highest BCUT2D eigenvalue weighted by Gasteiger charge is 2.10. The number of nitrogens with zero attached hydrogens (tertiary/aromatic N) is 1. The molecule has 0 saturated carbocycles. The van der Waals surface area contributed by atoms with Gasteiger partial charge in [0.2, 0.25) is 0 Å². The van der Waals surface area contributed by atoms with Gasteiger partial charge in [-0.1, -0.05) is 6.07 Å². The Morgan fingerprint density at radius 3 is 2.82 bits per heavy atom. The van der Waals surface area contributed by atoms with E-state index in [1.54, 1.807) is 25.6 Å². The Morgan fingerprint density at radius 1 is 1.29 bits per heavy atom. The van der Waals surface area contributed by atoms with Crippen LogP contribution in [-0.4, -0.2) is 19.2 Å². The van der Waals surface area contributed by atoms with E-state index in [4.69, 9.17) is 9.47 Å². The number of methoxy groups -OCH3 is 2. The first-order valence-corrected chi connectivity index (χ1v) is 6.21. The molecule has 0 bridgehead atoms. The highest BCUT2D eigenvalue weighted by Crippen LogP contribution is 2.32. The first-order chi connectivity index (χ1) is 8.24. The Morgan fingerprint density at radius 2 is 2.12 bits per heavy atom. The summed E-state index contributed by atoms with van der Waals surface area (Å²) in [6.45, 7) is 2.59. The van der Waals surface area contributed by atoms with E-state index in [0.29, 0.717) is 6.61 Å². The largest absolute Gasteiger partial charge is 0.496 e. The molecule has 4 heteroatoms. The van der Waals surface area contributed by atoms with E-state index in [-0.39, 0.29) is 0 Å². The van der Waals surface area contributed by atoms with E-state index in [9.17, 15) is 0 Å². The second-order valence-corrected chi connectivity index (χ2v) is 4.64. The maximum absolute atomic E-state index is 5.39. The molecule has 0 N–H and O–H groups in total. The van der Waals surface area contributed by atoms with Crippen molar-refractivity contribution in [2.45, 2.75) is 13.5 Å². The van der Waals surface area contributed by atoms with Crippen molar-refractivity contribution in [1.82, 2.24) is 4.98 Å². The third kappa shape index (κ3) is 2.65. The molecule has 1 heterocycles. The number of rotatable bonds is 4. The number of aryl methyl sites for hydroxylation is 1. The van der Waals surface area contributed by atoms with Crippen molar-refractivity contribution in [3.63, 3.8) is 0 Å². The fourth-order valence-corrected chi connectivity index (χ4v) is 2.45. The lowest BCUT2D eigenvalue weighted by Gasteiger charge is -2.06. The summed E-state index contributed by atoms with van der Waals surface area (Å²) in [5.74, 6) is 0.864. The van der Waals surface area contributed by atoms with E-state index in [0.717, 1.165) is 22.0 Å². The van der Waals surface area contributed by atoms with Gasteiger partial charge in [-0.3, -0.25) is 0 Å². The predicted molar refractivity (Wildman–Crippen MR) is 69.6 cm³/mol. The molecule has 90 valence electrons. The lowest BCUT2D eigenvalue weighted by atomic mass is 10.1. The molecule has 1 aromatic heterocycles. The van der Waals surface area contributed by atoms with Gasteiger partial charge in [-0.25, -0.2) is 4.98 Å². The molecule has 0 amide bonds. The summed E-state index contributed by atoms with van der Waals surface area (Å²) >= 11 is 1.61. The van der Waals surface area contributed by atoms with Crippen molar-refractivity contribution in [2.24, 2.45) is 0 Å². The zero-order valence-electron chi connectivity index (χ0n) is 10.2. The first-order valence-electron chi connectivity index (χ1n) is 5.33. The predicted octanol–water partition coefficient (Wildman–Crippen LogP) is 3.27. The molecule has 0 unspecified atom stereocenters. The summed E-state index contributed by atoms with van der Waals surface area (Å²) in [6.07, 6.45) is 0. The average molecular weight is 249 g/mol. The Labute approximate surface area is 105 Å². The van der Waals surface area contributed by atoms with Crippen molar-refractivity contribution < 1.29 is 9.47 Å². The molecule has 0 radical (unpaired) electrons. The zero-order valence-corrected chi connectivity index (χ0v) is 11.0. The molecule has 0 aliphatic heterocycles. The van der Waals surface area contributed by atoms with E-state index in [1.807, 2.05) is 24.4 Å². The lowest BCUT2D eigenvalue weighted by Crippen LogP contribution is -1.90. The van der Waals surface area contributed by atoms with Crippen molar-refractivity contribution in [3.05, 3.63) is 34.8 Å². The molecule has 1 aromatic carbocycles. The molecular formula is C13H15NO2S. The summed E-state index contributed by atoms with van der Waals surface area (Å²) < 4.78 is 10.5. The molecule has 0 fully saturated rings. The van der Waals surface area contributed by atoms with Gasteiger partial charge in [-0.15, -0.1) is 11.3 Å². The fraction of sp³-hybridized carbons (Fsp3) is 0.308. The number of ether oxygens (including phenoxy) is 2. The SMILES string of the molecule is COCc1csc(-c2ccc(C)cc2OC)n1. The van der Waals surface area contributed by atoms with Crippen LogP contribution in [0.5, 0.6) is 5.75 Å². The number of thiazole rings is 1. The van der Waals surface area contributed by atoms with Crippen molar-refractivity contribution in [1.29, 1.82) is 0 Å². The molecule has 0 spiro atoms. The molecule has 2 rings (SSSR count). The van der Waals surface area contributed by atoms with Crippen LogP contribution in [0.15, 0.2) is 23.6 Å². The molecule has 0 aliphatic carbocycles. The molecule has 0 atom stereocenters. The second kappa shape index (κ2) is 5.29. The smallest absolute Gasteiger partial charge is 0.129 e. The van der Waals surface area contributed by atoms with Crippen molar-refractivity contribution >= 4 is 11.3 Å². The Balaban J connectivity index is 2.37. The summed E-state index contributed by atoms with van der Waals surface area (Å²) in [4.78, 5) is 4.52. The minimum atomic E-state index is 0.546. The van der Waals surface area contributed by atoms with Crippen LogP contribution in [0.1, 0.15) is 11.3 Å². The van der Waals surface area contributed by atoms with Crippen LogP contribution in [0.4, 0.5) is 0 Å². The maximum Gasteiger partial charge on any atom is 0.129 e. The van der Waals surface area contributed by atoms with Crippen LogP contribution in [0.2, 0.25) is 0 Å². The number of hydrogen-bond acceptors (Lipinski definition) is 4. The summed E-state index contributed by atoms with van der Waals surface area (Å²) in [7, 11) is 3.35. The molecule has 2 aromatic rings. The van der Waals surface area contributed by atoms with Gasteiger partial charge in [-0.05, 0) is 24.6 Å². The quantitative estimate of drug-likeness (QED) is 0.833. The van der Waals surface area contributed by atoms with Gasteiger partial charge in [0.15, 0.2) is 0 Å². The van der Waals surface area contributed by atoms with Crippen molar-refractivity contribution in [2.75, 3.05) is 14.2 Å².